The van der Waals surface area contributed by atoms with Crippen molar-refractivity contribution in [1.29, 1.82) is 0 Å². The maximum atomic E-state index is 2.42. The van der Waals surface area contributed by atoms with Crippen LogP contribution in [0.3, 0.4) is 0 Å². The van der Waals surface area contributed by atoms with Crippen molar-refractivity contribution in [3.63, 3.8) is 0 Å². The third-order valence-electron chi connectivity index (χ3n) is 7.93. The summed E-state index contributed by atoms with van der Waals surface area (Å²) in [5, 5.41) is 12.8. The van der Waals surface area contributed by atoms with E-state index in [-0.39, 0.29) is 0 Å². The normalized spacial score (nSPS) is 11.7. The van der Waals surface area contributed by atoms with Crippen molar-refractivity contribution in [3.05, 3.63) is 146 Å². The van der Waals surface area contributed by atoms with Gasteiger partial charge in [-0.1, -0.05) is 109 Å². The van der Waals surface area contributed by atoms with E-state index in [1.165, 1.54) is 76.1 Å². The van der Waals surface area contributed by atoms with Gasteiger partial charge in [0.05, 0.1) is 0 Å². The van der Waals surface area contributed by atoms with E-state index in [0.717, 1.165) is 0 Å². The summed E-state index contributed by atoms with van der Waals surface area (Å²) < 4.78 is 0. The van der Waals surface area contributed by atoms with Crippen molar-refractivity contribution in [3.8, 4) is 22.3 Å². The minimum absolute atomic E-state index is 1.25. The van der Waals surface area contributed by atoms with E-state index in [1.54, 1.807) is 0 Å². The summed E-state index contributed by atoms with van der Waals surface area (Å²) in [5.41, 5.74) is 5.10. The van der Waals surface area contributed by atoms with Crippen LogP contribution in [0.5, 0.6) is 0 Å². The summed E-state index contributed by atoms with van der Waals surface area (Å²) in [7, 11) is 0. The highest BCUT2D eigenvalue weighted by Gasteiger charge is 2.17. The number of fused-ring (bicyclic) bond motifs is 5. The zero-order valence-electron chi connectivity index (χ0n) is 20.9. The van der Waals surface area contributed by atoms with Gasteiger partial charge in [-0.25, -0.2) is 0 Å². The molecule has 0 radical (unpaired) electrons. The summed E-state index contributed by atoms with van der Waals surface area (Å²) >= 11 is 0. The van der Waals surface area contributed by atoms with Crippen molar-refractivity contribution >= 4 is 53.9 Å². The van der Waals surface area contributed by atoms with Gasteiger partial charge in [-0.15, -0.1) is 0 Å². The van der Waals surface area contributed by atoms with E-state index in [4.69, 9.17) is 0 Å². The predicted molar refractivity (Wildman–Crippen MR) is 165 cm³/mol. The first kappa shape index (κ1) is 21.2. The SMILES string of the molecule is c1ccc(-c2c3ccccc3c(-c3ccccc3)c3cc4cc5cc6ccccc6cc5cc4cc23)cc1. The van der Waals surface area contributed by atoms with Crippen molar-refractivity contribution in [2.45, 2.75) is 0 Å². The first-order valence-corrected chi connectivity index (χ1v) is 13.2. The summed E-state index contributed by atoms with van der Waals surface area (Å²) in [5.74, 6) is 0. The standard InChI is InChI=1S/C38H24/c1-3-11-25(12-4-1)37-33-17-9-10-18-34(33)38(26-13-5-2-6-14-26)36-24-32-22-30-20-28-16-8-7-15-27(28)19-29(30)21-31(32)23-35(36)37/h1-24H. The molecule has 0 saturated carbocycles. The van der Waals surface area contributed by atoms with Crippen molar-refractivity contribution in [1.82, 2.24) is 0 Å². The summed E-state index contributed by atoms with van der Waals surface area (Å²) in [6.45, 7) is 0. The second-order valence-electron chi connectivity index (χ2n) is 10.2. The molecule has 0 N–H and O–H groups in total. The van der Waals surface area contributed by atoms with Crippen LogP contribution in [0.4, 0.5) is 0 Å². The molecule has 38 heavy (non-hydrogen) atoms. The Morgan fingerprint density at radius 1 is 0.237 bits per heavy atom. The van der Waals surface area contributed by atoms with E-state index in [9.17, 15) is 0 Å². The molecule has 0 fully saturated rings. The predicted octanol–water partition coefficient (Wildman–Crippen LogP) is 10.8. The third kappa shape index (κ3) is 3.24. The van der Waals surface area contributed by atoms with Gasteiger partial charge in [0, 0.05) is 0 Å². The van der Waals surface area contributed by atoms with Gasteiger partial charge in [0.2, 0.25) is 0 Å². The van der Waals surface area contributed by atoms with Gasteiger partial charge in [-0.3, -0.25) is 0 Å². The highest BCUT2D eigenvalue weighted by Crippen LogP contribution is 2.45. The fourth-order valence-electron chi connectivity index (χ4n) is 6.20. The zero-order chi connectivity index (χ0) is 25.1. The van der Waals surface area contributed by atoms with Crippen LogP contribution in [0.25, 0.3) is 76.1 Å². The molecule has 8 aromatic rings. The Bertz CT molecular complexity index is 2000. The highest BCUT2D eigenvalue weighted by molar-refractivity contribution is 6.24. The monoisotopic (exact) mass is 480 g/mol. The fourth-order valence-corrected chi connectivity index (χ4v) is 6.20. The van der Waals surface area contributed by atoms with Crippen molar-refractivity contribution < 1.29 is 0 Å². The Labute approximate surface area is 221 Å². The van der Waals surface area contributed by atoms with Crippen molar-refractivity contribution in [2.75, 3.05) is 0 Å². The molecule has 0 spiro atoms. The first-order chi connectivity index (χ1) is 18.8. The molecule has 176 valence electrons. The van der Waals surface area contributed by atoms with E-state index in [0.29, 0.717) is 0 Å². The molecule has 0 aromatic heterocycles. The topological polar surface area (TPSA) is 0 Å². The fraction of sp³-hybridized carbons (Fsp3) is 0. The molecule has 0 amide bonds. The van der Waals surface area contributed by atoms with Gasteiger partial charge in [0.25, 0.3) is 0 Å². The smallest absolute Gasteiger partial charge is 0.00262 e. The molecule has 0 heterocycles. The van der Waals surface area contributed by atoms with Gasteiger partial charge in [0.15, 0.2) is 0 Å². The molecule has 0 aliphatic heterocycles. The Balaban J connectivity index is 1.57. The molecule has 0 bridgehead atoms. The molecule has 0 atom stereocenters. The lowest BCUT2D eigenvalue weighted by Crippen LogP contribution is -1.91. The van der Waals surface area contributed by atoms with Gasteiger partial charge >= 0.3 is 0 Å². The van der Waals surface area contributed by atoms with Crippen LogP contribution in [0.15, 0.2) is 146 Å². The maximum Gasteiger partial charge on any atom is -0.00262 e. The molecule has 8 rings (SSSR count). The van der Waals surface area contributed by atoms with Crippen LogP contribution in [-0.2, 0) is 0 Å². The molecule has 0 unspecified atom stereocenters. The van der Waals surface area contributed by atoms with E-state index >= 15 is 0 Å². The van der Waals surface area contributed by atoms with Crippen LogP contribution >= 0.6 is 0 Å². The summed E-state index contributed by atoms with van der Waals surface area (Å²) in [4.78, 5) is 0. The van der Waals surface area contributed by atoms with E-state index < -0.39 is 0 Å². The van der Waals surface area contributed by atoms with Crippen molar-refractivity contribution in [2.24, 2.45) is 0 Å². The second-order valence-corrected chi connectivity index (χ2v) is 10.2. The lowest BCUT2D eigenvalue weighted by atomic mass is 9.84. The number of benzene rings is 8. The van der Waals surface area contributed by atoms with E-state index in [1.807, 2.05) is 0 Å². The largest absolute Gasteiger partial charge is 0.0622 e. The highest BCUT2D eigenvalue weighted by atomic mass is 14.2. The molecule has 0 nitrogen and oxygen atoms in total. The average Bonchev–Trinajstić information content (AvgIpc) is 2.97. The lowest BCUT2D eigenvalue weighted by molar-refractivity contribution is 1.66. The van der Waals surface area contributed by atoms with Gasteiger partial charge in [0.1, 0.15) is 0 Å². The zero-order valence-corrected chi connectivity index (χ0v) is 20.9. The van der Waals surface area contributed by atoms with Crippen LogP contribution in [0.1, 0.15) is 0 Å². The minimum atomic E-state index is 1.25. The second kappa shape index (κ2) is 8.30. The molecule has 0 aliphatic rings. The van der Waals surface area contributed by atoms with Crippen LogP contribution in [0.2, 0.25) is 0 Å². The van der Waals surface area contributed by atoms with Crippen LogP contribution in [-0.4, -0.2) is 0 Å². The quantitative estimate of drug-likeness (QED) is 0.216. The molecular weight excluding hydrogens is 456 g/mol. The molecule has 0 heteroatoms. The first-order valence-electron chi connectivity index (χ1n) is 13.2. The Hall–Kier alpha value is -4.94. The Morgan fingerprint density at radius 2 is 0.579 bits per heavy atom. The number of rotatable bonds is 2. The summed E-state index contributed by atoms with van der Waals surface area (Å²) in [6.07, 6.45) is 0. The van der Waals surface area contributed by atoms with Gasteiger partial charge in [-0.2, -0.15) is 0 Å². The number of hydrogen-bond donors (Lipinski definition) is 0. The third-order valence-corrected chi connectivity index (χ3v) is 7.93. The Morgan fingerprint density at radius 3 is 1.03 bits per heavy atom. The molecule has 0 saturated heterocycles. The number of hydrogen-bond acceptors (Lipinski definition) is 0. The van der Waals surface area contributed by atoms with Crippen LogP contribution in [0, 0.1) is 0 Å². The average molecular weight is 481 g/mol. The molecular formula is C38H24. The van der Waals surface area contributed by atoms with Gasteiger partial charge < -0.3 is 0 Å². The maximum absolute atomic E-state index is 2.42. The Kier molecular flexibility index (Phi) is 4.62. The molecule has 0 aliphatic carbocycles. The molecule has 8 aromatic carbocycles. The van der Waals surface area contributed by atoms with Gasteiger partial charge in [-0.05, 0) is 113 Å². The minimum Gasteiger partial charge on any atom is -0.0622 e. The lowest BCUT2D eigenvalue weighted by Gasteiger charge is -2.19. The van der Waals surface area contributed by atoms with Crippen LogP contribution < -0.4 is 0 Å². The van der Waals surface area contributed by atoms with E-state index in [2.05, 4.69) is 146 Å². The summed E-state index contributed by atoms with van der Waals surface area (Å²) in [6, 6.07) is 53.4.